The van der Waals surface area contributed by atoms with E-state index in [-0.39, 0.29) is 18.0 Å². The van der Waals surface area contributed by atoms with Crippen molar-refractivity contribution in [3.05, 3.63) is 0 Å². The third-order valence-corrected chi connectivity index (χ3v) is 12.4. The van der Waals surface area contributed by atoms with Gasteiger partial charge in [0.25, 0.3) is 0 Å². The maximum Gasteiger partial charge on any atom is 0.174 e. The van der Waals surface area contributed by atoms with Crippen LogP contribution in [0, 0.1) is 52.3 Å². The van der Waals surface area contributed by atoms with Crippen LogP contribution in [0.5, 0.6) is 0 Å². The van der Waals surface area contributed by atoms with Crippen molar-refractivity contribution in [3.63, 3.8) is 0 Å². The van der Waals surface area contributed by atoms with Crippen molar-refractivity contribution >= 4 is 0 Å². The number of hydrogen-bond acceptors (Lipinski definition) is 4. The van der Waals surface area contributed by atoms with Crippen molar-refractivity contribution in [2.45, 2.75) is 157 Å². The average Bonchev–Trinajstić information content (AvgIpc) is 3.22. The summed E-state index contributed by atoms with van der Waals surface area (Å²) < 4.78 is 25.6. The Kier molecular flexibility index (Phi) is 10.2. The van der Waals surface area contributed by atoms with Crippen LogP contribution in [0.4, 0.5) is 0 Å². The molecule has 4 heteroatoms. The molecule has 9 atom stereocenters. The standard InChI is InChI=1S/C35H60O4/c1-9-13-23-36-26(5)38-35(39-27(6)37-24-14-10-2)22-21-32(7)28(25-35)15-16-29-30(32)17-19-33(8)31(29)18-20-34(33,11-3)12-4/h3,26-31H,9-10,12-25H2,1-2,4-8H3/t26?,27?,28-,29-,30+,31+,32+,33+,34+,35?/m1/s1. The molecule has 0 aromatic rings. The third kappa shape index (κ3) is 5.86. The highest BCUT2D eigenvalue weighted by atomic mass is 16.8. The van der Waals surface area contributed by atoms with E-state index in [9.17, 15) is 0 Å². The van der Waals surface area contributed by atoms with Crippen LogP contribution in [-0.4, -0.2) is 31.6 Å². The molecule has 224 valence electrons. The Balaban J connectivity index is 1.50. The van der Waals surface area contributed by atoms with Crippen molar-refractivity contribution < 1.29 is 18.9 Å². The smallest absolute Gasteiger partial charge is 0.174 e. The molecule has 4 nitrogen and oxygen atoms in total. The summed E-state index contributed by atoms with van der Waals surface area (Å²) in [7, 11) is 0. The van der Waals surface area contributed by atoms with Crippen LogP contribution >= 0.6 is 0 Å². The normalized spacial score (nSPS) is 43.1. The van der Waals surface area contributed by atoms with E-state index in [0.29, 0.717) is 16.7 Å². The average molecular weight is 545 g/mol. The molecule has 4 aliphatic carbocycles. The number of fused-ring (bicyclic) bond motifs is 5. The number of ether oxygens (including phenoxy) is 4. The van der Waals surface area contributed by atoms with Crippen molar-refractivity contribution in [2.75, 3.05) is 13.2 Å². The van der Waals surface area contributed by atoms with Crippen LogP contribution in [0.25, 0.3) is 0 Å². The first kappa shape index (κ1) is 31.3. The van der Waals surface area contributed by atoms with Crippen LogP contribution < -0.4 is 0 Å². The highest BCUT2D eigenvalue weighted by Crippen LogP contribution is 2.71. The second kappa shape index (κ2) is 12.7. The van der Waals surface area contributed by atoms with E-state index >= 15 is 0 Å². The summed E-state index contributed by atoms with van der Waals surface area (Å²) in [6.45, 7) is 17.5. The van der Waals surface area contributed by atoms with Gasteiger partial charge in [-0.2, -0.15) is 0 Å². The van der Waals surface area contributed by atoms with Crippen LogP contribution in [0.15, 0.2) is 0 Å². The predicted octanol–water partition coefficient (Wildman–Crippen LogP) is 9.11. The minimum absolute atomic E-state index is 0.103. The van der Waals surface area contributed by atoms with E-state index < -0.39 is 5.79 Å². The molecule has 0 saturated heterocycles. The highest BCUT2D eigenvalue weighted by molar-refractivity contribution is 5.21. The van der Waals surface area contributed by atoms with E-state index in [0.717, 1.165) is 82.3 Å². The van der Waals surface area contributed by atoms with Crippen LogP contribution in [-0.2, 0) is 18.9 Å². The van der Waals surface area contributed by atoms with Crippen molar-refractivity contribution in [3.8, 4) is 12.3 Å². The van der Waals surface area contributed by atoms with Crippen LogP contribution in [0.1, 0.15) is 138 Å². The molecule has 0 amide bonds. The molecular weight excluding hydrogens is 484 g/mol. The molecule has 0 aromatic carbocycles. The Hall–Kier alpha value is -0.600. The Labute approximate surface area is 241 Å². The van der Waals surface area contributed by atoms with Crippen molar-refractivity contribution in [1.82, 2.24) is 0 Å². The zero-order valence-electron chi connectivity index (χ0n) is 26.5. The van der Waals surface area contributed by atoms with Gasteiger partial charge in [0.05, 0.1) is 0 Å². The lowest BCUT2D eigenvalue weighted by atomic mass is 9.43. The topological polar surface area (TPSA) is 36.9 Å². The fourth-order valence-electron chi connectivity index (χ4n) is 9.95. The van der Waals surface area contributed by atoms with Crippen LogP contribution in [0.2, 0.25) is 0 Å². The van der Waals surface area contributed by atoms with Gasteiger partial charge in [-0.1, -0.05) is 53.4 Å². The highest BCUT2D eigenvalue weighted by Gasteiger charge is 2.65. The minimum atomic E-state index is -0.633. The number of hydrogen-bond donors (Lipinski definition) is 0. The van der Waals surface area contributed by atoms with Crippen molar-refractivity contribution in [2.24, 2.45) is 39.9 Å². The van der Waals surface area contributed by atoms with Gasteiger partial charge in [-0.15, -0.1) is 6.42 Å². The summed E-state index contributed by atoms with van der Waals surface area (Å²) in [4.78, 5) is 0. The Morgan fingerprint density at radius 2 is 1.41 bits per heavy atom. The molecule has 4 fully saturated rings. The monoisotopic (exact) mass is 544 g/mol. The molecule has 0 heterocycles. The van der Waals surface area contributed by atoms with Crippen molar-refractivity contribution in [1.29, 1.82) is 0 Å². The third-order valence-electron chi connectivity index (χ3n) is 12.4. The first-order chi connectivity index (χ1) is 18.6. The van der Waals surface area contributed by atoms with Crippen LogP contribution in [0.3, 0.4) is 0 Å². The fourth-order valence-corrected chi connectivity index (χ4v) is 9.95. The number of rotatable bonds is 13. The van der Waals surface area contributed by atoms with Gasteiger partial charge in [-0.05, 0) is 113 Å². The summed E-state index contributed by atoms with van der Waals surface area (Å²) in [5.41, 5.74) is 0.750. The van der Waals surface area contributed by atoms with E-state index in [1.165, 1.54) is 38.5 Å². The molecule has 4 aliphatic rings. The van der Waals surface area contributed by atoms with Gasteiger partial charge in [-0.3, -0.25) is 0 Å². The number of terminal acetylenes is 1. The minimum Gasteiger partial charge on any atom is -0.353 e. The molecule has 0 N–H and O–H groups in total. The zero-order valence-corrected chi connectivity index (χ0v) is 26.5. The lowest BCUT2D eigenvalue weighted by molar-refractivity contribution is -0.369. The van der Waals surface area contributed by atoms with E-state index in [2.05, 4.69) is 40.5 Å². The molecular formula is C35H60O4. The predicted molar refractivity (Wildman–Crippen MR) is 159 cm³/mol. The molecule has 39 heavy (non-hydrogen) atoms. The van der Waals surface area contributed by atoms with Gasteiger partial charge in [0.1, 0.15) is 0 Å². The molecule has 0 aromatic heterocycles. The maximum absolute atomic E-state index is 6.73. The molecule has 4 saturated carbocycles. The summed E-state index contributed by atoms with van der Waals surface area (Å²) in [6, 6.07) is 0. The Morgan fingerprint density at radius 1 is 0.795 bits per heavy atom. The SMILES string of the molecule is C#C[C@]1(CC)CC[C@H]2[C@@H]3CC[C@@H]4CC(OC(C)OCCCC)(OC(C)OCCCC)CC[C@]4(C)[C@H]3CC[C@@]21C. The lowest BCUT2D eigenvalue weighted by Crippen LogP contribution is -2.58. The van der Waals surface area contributed by atoms with Gasteiger partial charge in [0, 0.05) is 31.5 Å². The van der Waals surface area contributed by atoms with E-state index in [1.54, 1.807) is 0 Å². The van der Waals surface area contributed by atoms with E-state index in [4.69, 9.17) is 25.4 Å². The molecule has 2 unspecified atom stereocenters. The van der Waals surface area contributed by atoms with Gasteiger partial charge in [0.15, 0.2) is 18.4 Å². The zero-order chi connectivity index (χ0) is 28.3. The van der Waals surface area contributed by atoms with Gasteiger partial charge < -0.3 is 18.9 Å². The summed E-state index contributed by atoms with van der Waals surface area (Å²) >= 11 is 0. The largest absolute Gasteiger partial charge is 0.353 e. The first-order valence-electron chi connectivity index (χ1n) is 16.7. The molecule has 0 bridgehead atoms. The van der Waals surface area contributed by atoms with Gasteiger partial charge >= 0.3 is 0 Å². The molecule has 0 spiro atoms. The summed E-state index contributed by atoms with van der Waals surface area (Å²) in [5.74, 6) is 5.71. The maximum atomic E-state index is 6.73. The fraction of sp³-hybridized carbons (Fsp3) is 0.943. The quantitative estimate of drug-likeness (QED) is 0.132. The van der Waals surface area contributed by atoms with Gasteiger partial charge in [-0.25, -0.2) is 0 Å². The molecule has 0 radical (unpaired) electrons. The summed E-state index contributed by atoms with van der Waals surface area (Å²) in [6.07, 6.45) is 22.0. The molecule has 0 aliphatic heterocycles. The second-order valence-corrected chi connectivity index (χ2v) is 14.2. The van der Waals surface area contributed by atoms with Gasteiger partial charge in [0.2, 0.25) is 0 Å². The number of unbranched alkanes of at least 4 members (excludes halogenated alkanes) is 2. The van der Waals surface area contributed by atoms with E-state index in [1.807, 2.05) is 13.8 Å². The second-order valence-electron chi connectivity index (χ2n) is 14.2. The Bertz CT molecular complexity index is 817. The first-order valence-corrected chi connectivity index (χ1v) is 16.7. The lowest BCUT2D eigenvalue weighted by Gasteiger charge is -2.63. The Morgan fingerprint density at radius 3 is 1.97 bits per heavy atom. The molecule has 4 rings (SSSR count). The summed E-state index contributed by atoms with van der Waals surface area (Å²) in [5, 5.41) is 0.